The summed E-state index contributed by atoms with van der Waals surface area (Å²) in [5.41, 5.74) is 0.255. The van der Waals surface area contributed by atoms with Crippen LogP contribution in [0.15, 0.2) is 32.4 Å². The average Bonchev–Trinajstić information content (AvgIpc) is 2.40. The molecule has 5 nitrogen and oxygen atoms in total. The van der Waals surface area contributed by atoms with E-state index in [-0.39, 0.29) is 17.8 Å². The summed E-state index contributed by atoms with van der Waals surface area (Å²) in [7, 11) is 3.03. The van der Waals surface area contributed by atoms with Crippen LogP contribution in [-0.4, -0.2) is 9.13 Å². The second-order valence-corrected chi connectivity index (χ2v) is 6.24. The van der Waals surface area contributed by atoms with Gasteiger partial charge >= 0.3 is 5.69 Å². The van der Waals surface area contributed by atoms with Crippen molar-refractivity contribution in [3.8, 4) is 0 Å². The number of rotatable bonds is 3. The summed E-state index contributed by atoms with van der Waals surface area (Å²) in [6.07, 6.45) is 1.50. The van der Waals surface area contributed by atoms with E-state index in [0.29, 0.717) is 21.3 Å². The first-order chi connectivity index (χ1) is 9.81. The lowest BCUT2D eigenvalue weighted by molar-refractivity contribution is 0.671. The minimum atomic E-state index is -0.372. The second kappa shape index (κ2) is 6.25. The molecule has 0 fully saturated rings. The fraction of sp³-hybridized carbons (Fsp3) is 0.231. The Hall–Kier alpha value is -1.24. The number of hydrogen-bond acceptors (Lipinski definition) is 3. The number of benzene rings is 1. The maximum Gasteiger partial charge on any atom is 0.330 e. The molecule has 0 atom stereocenters. The summed E-state index contributed by atoms with van der Waals surface area (Å²) in [4.78, 5) is 23.6. The molecule has 0 aliphatic heterocycles. The molecule has 8 heteroatoms. The molecule has 112 valence electrons. The van der Waals surface area contributed by atoms with Crippen LogP contribution in [0.4, 0.5) is 5.69 Å². The fourth-order valence-electron chi connectivity index (χ4n) is 1.90. The molecule has 1 aromatic heterocycles. The molecule has 0 unspecified atom stereocenters. The molecule has 2 aromatic rings. The molecule has 2 rings (SSSR count). The van der Waals surface area contributed by atoms with E-state index in [4.69, 9.17) is 23.2 Å². The van der Waals surface area contributed by atoms with Crippen molar-refractivity contribution in [1.29, 1.82) is 0 Å². The minimum absolute atomic E-state index is 0.210. The van der Waals surface area contributed by atoms with E-state index in [9.17, 15) is 9.59 Å². The molecule has 0 amide bonds. The summed E-state index contributed by atoms with van der Waals surface area (Å²) < 4.78 is 3.17. The largest absolute Gasteiger partial charge is 0.378 e. The summed E-state index contributed by atoms with van der Waals surface area (Å²) in [5.74, 6) is 0. The zero-order valence-corrected chi connectivity index (χ0v) is 14.4. The first kappa shape index (κ1) is 16.1. The Kier molecular flexibility index (Phi) is 4.81. The van der Waals surface area contributed by atoms with Gasteiger partial charge in [0.2, 0.25) is 0 Å². The highest BCUT2D eigenvalue weighted by molar-refractivity contribution is 9.10. The fourth-order valence-corrected chi connectivity index (χ4v) is 3.24. The third-order valence-electron chi connectivity index (χ3n) is 2.98. The van der Waals surface area contributed by atoms with E-state index in [2.05, 4.69) is 21.2 Å². The van der Waals surface area contributed by atoms with Gasteiger partial charge in [0.15, 0.2) is 0 Å². The van der Waals surface area contributed by atoms with Gasteiger partial charge in [-0.25, -0.2) is 4.79 Å². The van der Waals surface area contributed by atoms with Crippen molar-refractivity contribution in [2.75, 3.05) is 5.32 Å². The van der Waals surface area contributed by atoms with Gasteiger partial charge in [-0.05, 0) is 12.1 Å². The molecule has 0 bridgehead atoms. The van der Waals surface area contributed by atoms with Gasteiger partial charge in [-0.3, -0.25) is 9.36 Å². The normalized spacial score (nSPS) is 10.7. The van der Waals surface area contributed by atoms with Gasteiger partial charge in [0.25, 0.3) is 5.56 Å². The van der Waals surface area contributed by atoms with Gasteiger partial charge in [0.05, 0.1) is 21.3 Å². The molecule has 0 saturated carbocycles. The second-order valence-electron chi connectivity index (χ2n) is 4.51. The Morgan fingerprint density at radius 2 is 1.76 bits per heavy atom. The zero-order chi connectivity index (χ0) is 15.7. The van der Waals surface area contributed by atoms with Crippen LogP contribution in [0.1, 0.15) is 5.56 Å². The van der Waals surface area contributed by atoms with Crippen LogP contribution < -0.4 is 16.6 Å². The van der Waals surface area contributed by atoms with E-state index in [1.165, 1.54) is 17.8 Å². The molecule has 21 heavy (non-hydrogen) atoms. The van der Waals surface area contributed by atoms with E-state index in [1.54, 1.807) is 19.2 Å². The lowest BCUT2D eigenvalue weighted by Crippen LogP contribution is -2.38. The van der Waals surface area contributed by atoms with E-state index in [0.717, 1.165) is 9.04 Å². The van der Waals surface area contributed by atoms with Gasteiger partial charge in [-0.1, -0.05) is 39.1 Å². The van der Waals surface area contributed by atoms with Crippen molar-refractivity contribution in [1.82, 2.24) is 9.13 Å². The standard InChI is InChI=1S/C13H12BrCl2N3O2/c1-18-6-7(12(20)19(2)13(18)21)5-17-11-9(15)3-8(14)4-10(11)16/h3-4,6,17H,5H2,1-2H3. The maximum absolute atomic E-state index is 12.0. The molecular weight excluding hydrogens is 381 g/mol. The highest BCUT2D eigenvalue weighted by Crippen LogP contribution is 2.33. The van der Waals surface area contributed by atoms with Crippen LogP contribution in [0.3, 0.4) is 0 Å². The highest BCUT2D eigenvalue weighted by Gasteiger charge is 2.10. The van der Waals surface area contributed by atoms with Crippen molar-refractivity contribution in [2.45, 2.75) is 6.54 Å². The Morgan fingerprint density at radius 1 is 1.19 bits per heavy atom. The first-order valence-corrected chi connectivity index (χ1v) is 7.50. The predicted molar refractivity (Wildman–Crippen MR) is 88.4 cm³/mol. The van der Waals surface area contributed by atoms with Crippen LogP contribution in [0, 0.1) is 0 Å². The van der Waals surface area contributed by atoms with Crippen LogP contribution in [-0.2, 0) is 20.6 Å². The topological polar surface area (TPSA) is 56.0 Å². The molecule has 0 radical (unpaired) electrons. The number of aryl methyl sites for hydroxylation is 1. The molecule has 0 spiro atoms. The van der Waals surface area contributed by atoms with Gasteiger partial charge in [0, 0.05) is 31.3 Å². The van der Waals surface area contributed by atoms with Crippen LogP contribution in [0.5, 0.6) is 0 Å². The quantitative estimate of drug-likeness (QED) is 0.873. The van der Waals surface area contributed by atoms with Gasteiger partial charge in [-0.2, -0.15) is 0 Å². The molecule has 0 aliphatic carbocycles. The number of halogens is 3. The lowest BCUT2D eigenvalue weighted by atomic mass is 10.2. The number of nitrogens with zero attached hydrogens (tertiary/aromatic N) is 2. The third-order valence-corrected chi connectivity index (χ3v) is 4.03. The summed E-state index contributed by atoms with van der Waals surface area (Å²) in [5, 5.41) is 3.91. The average molecular weight is 393 g/mol. The van der Waals surface area contributed by atoms with Crippen LogP contribution in [0.2, 0.25) is 10.0 Å². The Balaban J connectivity index is 2.34. The number of hydrogen-bond donors (Lipinski definition) is 1. The van der Waals surface area contributed by atoms with Crippen molar-refractivity contribution in [3.63, 3.8) is 0 Å². The number of nitrogens with one attached hydrogen (secondary N) is 1. The summed E-state index contributed by atoms with van der Waals surface area (Å²) in [6.45, 7) is 0.210. The Morgan fingerprint density at radius 3 is 2.33 bits per heavy atom. The van der Waals surface area contributed by atoms with Crippen LogP contribution in [0.25, 0.3) is 0 Å². The van der Waals surface area contributed by atoms with Gasteiger partial charge < -0.3 is 9.88 Å². The Labute approximate surface area is 139 Å². The first-order valence-electron chi connectivity index (χ1n) is 5.95. The zero-order valence-electron chi connectivity index (χ0n) is 11.3. The van der Waals surface area contributed by atoms with E-state index >= 15 is 0 Å². The number of aromatic nitrogens is 2. The van der Waals surface area contributed by atoms with Crippen molar-refractivity contribution >= 4 is 44.8 Å². The van der Waals surface area contributed by atoms with E-state index < -0.39 is 0 Å². The van der Waals surface area contributed by atoms with Crippen molar-refractivity contribution in [3.05, 3.63) is 59.2 Å². The SMILES string of the molecule is Cn1cc(CNc2c(Cl)cc(Br)cc2Cl)c(=O)n(C)c1=O. The van der Waals surface area contributed by atoms with Gasteiger partial charge in [-0.15, -0.1) is 0 Å². The monoisotopic (exact) mass is 391 g/mol. The molecule has 0 saturated heterocycles. The molecule has 1 aromatic carbocycles. The van der Waals surface area contributed by atoms with Gasteiger partial charge in [0.1, 0.15) is 0 Å². The molecule has 1 heterocycles. The highest BCUT2D eigenvalue weighted by atomic mass is 79.9. The summed E-state index contributed by atoms with van der Waals surface area (Å²) in [6, 6.07) is 3.41. The third kappa shape index (κ3) is 3.33. The lowest BCUT2D eigenvalue weighted by Gasteiger charge is -2.12. The van der Waals surface area contributed by atoms with Crippen LogP contribution >= 0.6 is 39.1 Å². The van der Waals surface area contributed by atoms with E-state index in [1.807, 2.05) is 0 Å². The minimum Gasteiger partial charge on any atom is -0.378 e. The molecule has 1 N–H and O–H groups in total. The summed E-state index contributed by atoms with van der Waals surface area (Å²) >= 11 is 15.5. The maximum atomic E-state index is 12.0. The Bertz CT molecular complexity index is 791. The van der Waals surface area contributed by atoms with Crippen molar-refractivity contribution in [2.24, 2.45) is 14.1 Å². The number of anilines is 1. The molecular formula is C13H12BrCl2N3O2. The predicted octanol–water partition coefficient (Wildman–Crippen LogP) is 2.77. The van der Waals surface area contributed by atoms with Crippen molar-refractivity contribution < 1.29 is 0 Å². The smallest absolute Gasteiger partial charge is 0.330 e. The molecule has 0 aliphatic rings.